The Hall–Kier alpha value is -2.34. The molecule has 0 bridgehead atoms. The van der Waals surface area contributed by atoms with E-state index in [1.165, 1.54) is 6.07 Å². The van der Waals surface area contributed by atoms with Crippen molar-refractivity contribution in [3.05, 3.63) is 62.8 Å². The van der Waals surface area contributed by atoms with Crippen molar-refractivity contribution in [3.63, 3.8) is 0 Å². The summed E-state index contributed by atoms with van der Waals surface area (Å²) in [6, 6.07) is 10.4. The van der Waals surface area contributed by atoms with Crippen LogP contribution in [0.3, 0.4) is 0 Å². The van der Waals surface area contributed by atoms with Gasteiger partial charge in [-0.1, -0.05) is 30.3 Å². The van der Waals surface area contributed by atoms with Crippen LogP contribution in [0.4, 0.5) is 5.82 Å². The van der Waals surface area contributed by atoms with E-state index in [9.17, 15) is 9.59 Å². The molecule has 1 aromatic carbocycles. The number of aliphatic hydroxyl groups is 1. The molecular formula is C14H17N3O3. The Bertz CT molecular complexity index is 645. The van der Waals surface area contributed by atoms with Gasteiger partial charge in [-0.05, 0) is 12.5 Å². The Labute approximate surface area is 115 Å². The number of aromatic amines is 1. The second-order valence-corrected chi connectivity index (χ2v) is 4.57. The van der Waals surface area contributed by atoms with E-state index in [1.54, 1.807) is 6.92 Å². The lowest BCUT2D eigenvalue weighted by Crippen LogP contribution is -2.38. The first-order chi connectivity index (χ1) is 9.61. The van der Waals surface area contributed by atoms with E-state index in [0.29, 0.717) is 12.4 Å². The molecule has 2 aromatic rings. The number of nitrogens with one attached hydrogen (secondary N) is 2. The van der Waals surface area contributed by atoms with Gasteiger partial charge in [0, 0.05) is 12.6 Å². The van der Waals surface area contributed by atoms with Crippen molar-refractivity contribution in [2.45, 2.75) is 19.5 Å². The molecular weight excluding hydrogens is 258 g/mol. The molecule has 0 radical (unpaired) electrons. The van der Waals surface area contributed by atoms with Crippen LogP contribution in [0.15, 0.2) is 46.0 Å². The first kappa shape index (κ1) is 14.1. The highest BCUT2D eigenvalue weighted by Crippen LogP contribution is 2.03. The summed E-state index contributed by atoms with van der Waals surface area (Å²) in [5, 5.41) is 12.0. The van der Waals surface area contributed by atoms with Gasteiger partial charge in [0.15, 0.2) is 0 Å². The molecule has 1 heterocycles. The molecule has 20 heavy (non-hydrogen) atoms. The molecule has 0 aliphatic heterocycles. The molecule has 0 aliphatic rings. The second kappa shape index (κ2) is 6.21. The van der Waals surface area contributed by atoms with Crippen LogP contribution in [0.1, 0.15) is 18.5 Å². The van der Waals surface area contributed by atoms with Crippen molar-refractivity contribution in [2.24, 2.45) is 0 Å². The van der Waals surface area contributed by atoms with Gasteiger partial charge in [-0.15, -0.1) is 0 Å². The zero-order chi connectivity index (χ0) is 14.5. The molecule has 0 aliphatic carbocycles. The van der Waals surface area contributed by atoms with Crippen LogP contribution in [0, 0.1) is 0 Å². The lowest BCUT2D eigenvalue weighted by molar-refractivity contribution is 0.232. The number of hydrogen-bond acceptors (Lipinski definition) is 4. The van der Waals surface area contributed by atoms with E-state index in [2.05, 4.69) is 10.3 Å². The molecule has 0 fully saturated rings. The number of nitrogens with zero attached hydrogens (tertiary/aromatic N) is 1. The van der Waals surface area contributed by atoms with Crippen LogP contribution in [0.2, 0.25) is 0 Å². The average molecular weight is 275 g/mol. The van der Waals surface area contributed by atoms with Crippen molar-refractivity contribution in [1.29, 1.82) is 0 Å². The van der Waals surface area contributed by atoms with Crippen molar-refractivity contribution in [2.75, 3.05) is 11.9 Å². The highest BCUT2D eigenvalue weighted by Gasteiger charge is 2.10. The van der Waals surface area contributed by atoms with E-state index in [4.69, 9.17) is 5.11 Å². The maximum Gasteiger partial charge on any atom is 0.330 e. The van der Waals surface area contributed by atoms with Gasteiger partial charge >= 0.3 is 5.69 Å². The van der Waals surface area contributed by atoms with Gasteiger partial charge in [0.05, 0.1) is 12.6 Å². The fourth-order valence-corrected chi connectivity index (χ4v) is 1.89. The molecule has 6 heteroatoms. The summed E-state index contributed by atoms with van der Waals surface area (Å²) in [6.45, 7) is 1.85. The molecule has 2 rings (SSSR count). The summed E-state index contributed by atoms with van der Waals surface area (Å²) < 4.78 is 0.994. The predicted molar refractivity (Wildman–Crippen MR) is 76.9 cm³/mol. The highest BCUT2D eigenvalue weighted by molar-refractivity contribution is 5.33. The molecule has 0 spiro atoms. The van der Waals surface area contributed by atoms with Crippen molar-refractivity contribution in [1.82, 2.24) is 9.55 Å². The van der Waals surface area contributed by atoms with E-state index in [0.717, 1.165) is 10.1 Å². The van der Waals surface area contributed by atoms with Gasteiger partial charge in [-0.2, -0.15) is 0 Å². The third kappa shape index (κ3) is 3.16. The summed E-state index contributed by atoms with van der Waals surface area (Å²) in [5.74, 6) is 0.366. The smallest absolute Gasteiger partial charge is 0.330 e. The molecule has 0 saturated carbocycles. The molecule has 1 aromatic heterocycles. The average Bonchev–Trinajstić information content (AvgIpc) is 2.45. The molecule has 3 N–H and O–H groups in total. The quantitative estimate of drug-likeness (QED) is 0.749. The van der Waals surface area contributed by atoms with Crippen molar-refractivity contribution >= 4 is 5.82 Å². The Morgan fingerprint density at radius 3 is 2.60 bits per heavy atom. The van der Waals surface area contributed by atoms with Gasteiger partial charge in [0.1, 0.15) is 5.82 Å². The van der Waals surface area contributed by atoms with Gasteiger partial charge in [0.25, 0.3) is 5.56 Å². The molecule has 1 unspecified atom stereocenters. The van der Waals surface area contributed by atoms with Crippen LogP contribution < -0.4 is 16.6 Å². The largest absolute Gasteiger partial charge is 0.394 e. The van der Waals surface area contributed by atoms with Crippen LogP contribution in [0.25, 0.3) is 0 Å². The normalized spacial score (nSPS) is 12.1. The van der Waals surface area contributed by atoms with Crippen LogP contribution in [0.5, 0.6) is 0 Å². The number of anilines is 1. The topological polar surface area (TPSA) is 87.1 Å². The van der Waals surface area contributed by atoms with Gasteiger partial charge < -0.3 is 10.4 Å². The molecule has 0 amide bonds. The van der Waals surface area contributed by atoms with Crippen LogP contribution in [-0.4, -0.2) is 21.3 Å². The Morgan fingerprint density at radius 2 is 2.00 bits per heavy atom. The number of H-pyrrole nitrogens is 1. The molecule has 106 valence electrons. The molecule has 0 saturated heterocycles. The fourth-order valence-electron chi connectivity index (χ4n) is 1.89. The first-order valence-corrected chi connectivity index (χ1v) is 6.36. The second-order valence-electron chi connectivity index (χ2n) is 4.57. The summed E-state index contributed by atoms with van der Waals surface area (Å²) in [5.41, 5.74) is 0.0710. The standard InChI is InChI=1S/C14H17N3O3/c1-10(9-18)17-13(19)7-12(16-14(17)20)15-8-11-5-3-2-4-6-11/h2-7,10,15,18H,8-9H2,1H3,(H,16,20). The summed E-state index contributed by atoms with van der Waals surface area (Å²) in [7, 11) is 0. The summed E-state index contributed by atoms with van der Waals surface area (Å²) in [6.07, 6.45) is 0. The van der Waals surface area contributed by atoms with Gasteiger partial charge in [-0.3, -0.25) is 14.3 Å². The minimum Gasteiger partial charge on any atom is -0.394 e. The van der Waals surface area contributed by atoms with Crippen molar-refractivity contribution in [3.8, 4) is 0 Å². The number of benzene rings is 1. The van der Waals surface area contributed by atoms with Gasteiger partial charge in [0.2, 0.25) is 0 Å². The monoisotopic (exact) mass is 275 g/mol. The van der Waals surface area contributed by atoms with E-state index >= 15 is 0 Å². The number of hydrogen-bond donors (Lipinski definition) is 3. The SMILES string of the molecule is CC(CO)n1c(=O)cc(NCc2ccccc2)[nH]c1=O. The lowest BCUT2D eigenvalue weighted by atomic mass is 10.2. The summed E-state index contributed by atoms with van der Waals surface area (Å²) in [4.78, 5) is 26.3. The maximum atomic E-state index is 11.9. The van der Waals surface area contributed by atoms with E-state index in [-0.39, 0.29) is 6.61 Å². The third-order valence-electron chi connectivity index (χ3n) is 3.00. The number of aromatic nitrogens is 2. The molecule has 6 nitrogen and oxygen atoms in total. The van der Waals surface area contributed by atoms with E-state index in [1.807, 2.05) is 30.3 Å². The Morgan fingerprint density at radius 1 is 1.30 bits per heavy atom. The summed E-state index contributed by atoms with van der Waals surface area (Å²) >= 11 is 0. The van der Waals surface area contributed by atoms with Gasteiger partial charge in [-0.25, -0.2) is 4.79 Å². The first-order valence-electron chi connectivity index (χ1n) is 6.36. The zero-order valence-electron chi connectivity index (χ0n) is 11.2. The zero-order valence-corrected chi connectivity index (χ0v) is 11.2. The maximum absolute atomic E-state index is 11.9. The van der Waals surface area contributed by atoms with Crippen molar-refractivity contribution < 1.29 is 5.11 Å². The number of rotatable bonds is 5. The minimum absolute atomic E-state index is 0.264. The predicted octanol–water partition coefficient (Wildman–Crippen LogP) is 0.702. The van der Waals surface area contributed by atoms with Crippen LogP contribution in [-0.2, 0) is 6.54 Å². The fraction of sp³-hybridized carbons (Fsp3) is 0.286. The van der Waals surface area contributed by atoms with E-state index < -0.39 is 17.3 Å². The Kier molecular flexibility index (Phi) is 4.37. The minimum atomic E-state index is -0.547. The molecule has 1 atom stereocenters. The number of aliphatic hydroxyl groups excluding tert-OH is 1. The highest BCUT2D eigenvalue weighted by atomic mass is 16.3. The lowest BCUT2D eigenvalue weighted by Gasteiger charge is -2.12. The van der Waals surface area contributed by atoms with Crippen LogP contribution >= 0.6 is 0 Å². The third-order valence-corrected chi connectivity index (χ3v) is 3.00. The Balaban J connectivity index is 2.19.